The van der Waals surface area contributed by atoms with Gasteiger partial charge in [0.2, 0.25) is 0 Å². The van der Waals surface area contributed by atoms with Gasteiger partial charge in [0, 0.05) is 27.8 Å². The van der Waals surface area contributed by atoms with E-state index < -0.39 is 5.97 Å². The highest BCUT2D eigenvalue weighted by Gasteiger charge is 2.05. The van der Waals surface area contributed by atoms with Gasteiger partial charge in [-0.2, -0.15) is 0 Å². The predicted molar refractivity (Wildman–Crippen MR) is 61.1 cm³/mol. The third kappa shape index (κ3) is 3.61. The van der Waals surface area contributed by atoms with E-state index in [2.05, 4.69) is 27.8 Å². The minimum atomic E-state index is -0.877. The summed E-state index contributed by atoms with van der Waals surface area (Å²) in [5.41, 5.74) is 0.351. The molecule has 0 atom stereocenters. The zero-order chi connectivity index (χ0) is 10.6. The molecule has 76 valence electrons. The summed E-state index contributed by atoms with van der Waals surface area (Å²) in [6.07, 6.45) is 0. The maximum Gasteiger partial charge on any atom is 0.336 e. The van der Waals surface area contributed by atoms with E-state index >= 15 is 0 Å². The third-order valence-corrected chi connectivity index (χ3v) is 2.73. The van der Waals surface area contributed by atoms with Crippen molar-refractivity contribution in [1.82, 2.24) is 5.32 Å². The second-order valence-electron chi connectivity index (χ2n) is 2.73. The highest BCUT2D eigenvalue weighted by molar-refractivity contribution is 9.11. The summed E-state index contributed by atoms with van der Waals surface area (Å²) in [4.78, 5) is 11.6. The van der Waals surface area contributed by atoms with Crippen molar-refractivity contribution in [3.05, 3.63) is 32.9 Å². The number of halogens is 1. The Labute approximate surface area is 94.6 Å². The van der Waals surface area contributed by atoms with Crippen molar-refractivity contribution in [2.45, 2.75) is 6.54 Å². The largest absolute Gasteiger partial charge is 0.478 e. The van der Waals surface area contributed by atoms with E-state index in [0.717, 1.165) is 9.36 Å². The fraction of sp³-hybridized carbons (Fsp3) is 0.222. The maximum absolute atomic E-state index is 10.6. The first-order valence-corrected chi connectivity index (χ1v) is 5.61. The molecule has 0 aliphatic rings. The number of carboxylic acid groups (broad SMARTS) is 1. The molecule has 1 aromatic rings. The number of hydrogen-bond acceptors (Lipinski definition) is 3. The van der Waals surface area contributed by atoms with Gasteiger partial charge in [0.25, 0.3) is 0 Å². The molecule has 14 heavy (non-hydrogen) atoms. The molecule has 1 aromatic heterocycles. The van der Waals surface area contributed by atoms with Crippen LogP contribution in [0.1, 0.15) is 15.2 Å². The lowest BCUT2D eigenvalue weighted by molar-refractivity contribution is 0.0697. The van der Waals surface area contributed by atoms with Gasteiger partial charge >= 0.3 is 5.97 Å². The van der Waals surface area contributed by atoms with Crippen molar-refractivity contribution in [3.63, 3.8) is 0 Å². The number of rotatable bonds is 5. The molecule has 0 saturated heterocycles. The molecule has 0 radical (unpaired) electrons. The van der Waals surface area contributed by atoms with Crippen LogP contribution in [0.5, 0.6) is 0 Å². The standard InChI is InChI=1S/C9H10BrNO2S/c1-6(10)3-11-4-8-2-7(5-14-8)9(12)13/h2,5,11H,1,3-4H2,(H,12,13). The van der Waals surface area contributed by atoms with Gasteiger partial charge in [-0.15, -0.1) is 11.3 Å². The molecule has 0 aliphatic carbocycles. The summed E-state index contributed by atoms with van der Waals surface area (Å²) in [6, 6.07) is 1.68. The third-order valence-electron chi connectivity index (χ3n) is 1.52. The number of thiophene rings is 1. The Morgan fingerprint density at radius 3 is 2.93 bits per heavy atom. The lowest BCUT2D eigenvalue weighted by Gasteiger charge is -1.99. The number of carboxylic acids is 1. The molecule has 0 bridgehead atoms. The van der Waals surface area contributed by atoms with Gasteiger partial charge in [0.1, 0.15) is 0 Å². The first-order chi connectivity index (χ1) is 6.59. The molecule has 0 unspecified atom stereocenters. The van der Waals surface area contributed by atoms with Gasteiger partial charge < -0.3 is 10.4 Å². The molecule has 3 nitrogen and oxygen atoms in total. The molecule has 1 rings (SSSR count). The molecule has 0 amide bonds. The second kappa shape index (κ2) is 5.29. The van der Waals surface area contributed by atoms with E-state index in [-0.39, 0.29) is 0 Å². The quantitative estimate of drug-likeness (QED) is 0.868. The molecule has 0 saturated carbocycles. The van der Waals surface area contributed by atoms with E-state index in [1.54, 1.807) is 11.4 Å². The summed E-state index contributed by atoms with van der Waals surface area (Å²) in [5.74, 6) is -0.877. The Bertz CT molecular complexity index is 348. The zero-order valence-corrected chi connectivity index (χ0v) is 9.82. The number of aromatic carboxylic acids is 1. The van der Waals surface area contributed by atoms with Crippen LogP contribution in [0, 0.1) is 0 Å². The van der Waals surface area contributed by atoms with Crippen LogP contribution in [0.4, 0.5) is 0 Å². The van der Waals surface area contributed by atoms with Crippen molar-refractivity contribution in [2.24, 2.45) is 0 Å². The van der Waals surface area contributed by atoms with Crippen LogP contribution in [0.3, 0.4) is 0 Å². The van der Waals surface area contributed by atoms with Gasteiger partial charge in [0.05, 0.1) is 5.56 Å². The van der Waals surface area contributed by atoms with Gasteiger partial charge in [-0.25, -0.2) is 4.79 Å². The molecule has 0 spiro atoms. The average Bonchev–Trinajstić information content (AvgIpc) is 2.52. The Morgan fingerprint density at radius 1 is 1.71 bits per heavy atom. The number of carbonyl (C=O) groups is 1. The fourth-order valence-corrected chi connectivity index (χ4v) is 1.93. The highest BCUT2D eigenvalue weighted by atomic mass is 79.9. The van der Waals surface area contributed by atoms with Gasteiger partial charge in [-0.3, -0.25) is 0 Å². The van der Waals surface area contributed by atoms with Gasteiger partial charge in [-0.1, -0.05) is 22.5 Å². The number of hydrogen-bond donors (Lipinski definition) is 2. The summed E-state index contributed by atoms with van der Waals surface area (Å²) < 4.78 is 0.882. The average molecular weight is 276 g/mol. The number of nitrogens with one attached hydrogen (secondary N) is 1. The van der Waals surface area contributed by atoms with E-state index in [0.29, 0.717) is 18.7 Å². The summed E-state index contributed by atoms with van der Waals surface area (Å²) in [5, 5.41) is 13.4. The van der Waals surface area contributed by atoms with Crippen LogP contribution < -0.4 is 5.32 Å². The summed E-state index contributed by atoms with van der Waals surface area (Å²) in [6.45, 7) is 5.03. The Morgan fingerprint density at radius 2 is 2.43 bits per heavy atom. The molecule has 0 aliphatic heterocycles. The highest BCUT2D eigenvalue weighted by Crippen LogP contribution is 2.14. The van der Waals surface area contributed by atoms with Crippen LogP contribution in [0.2, 0.25) is 0 Å². The van der Waals surface area contributed by atoms with Gasteiger partial charge in [0.15, 0.2) is 0 Å². The monoisotopic (exact) mass is 275 g/mol. The molecule has 0 aromatic carbocycles. The van der Waals surface area contributed by atoms with Crippen molar-refractivity contribution in [1.29, 1.82) is 0 Å². The molecule has 2 N–H and O–H groups in total. The Hall–Kier alpha value is -0.650. The van der Waals surface area contributed by atoms with Crippen LogP contribution in [-0.4, -0.2) is 17.6 Å². The normalized spacial score (nSPS) is 10.1. The summed E-state index contributed by atoms with van der Waals surface area (Å²) in [7, 11) is 0. The van der Waals surface area contributed by atoms with Crippen molar-refractivity contribution in [2.75, 3.05) is 6.54 Å². The SMILES string of the molecule is C=C(Br)CNCc1cc(C(=O)O)cs1. The molecule has 0 fully saturated rings. The lowest BCUT2D eigenvalue weighted by atomic mass is 10.3. The topological polar surface area (TPSA) is 49.3 Å². The van der Waals surface area contributed by atoms with Crippen molar-refractivity contribution >= 4 is 33.2 Å². The van der Waals surface area contributed by atoms with Crippen molar-refractivity contribution < 1.29 is 9.90 Å². The minimum Gasteiger partial charge on any atom is -0.478 e. The molecule has 1 heterocycles. The minimum absolute atomic E-state index is 0.351. The molecular formula is C9H10BrNO2S. The van der Waals surface area contributed by atoms with E-state index in [9.17, 15) is 4.79 Å². The van der Waals surface area contributed by atoms with E-state index in [1.165, 1.54) is 11.3 Å². The van der Waals surface area contributed by atoms with Crippen LogP contribution in [0.25, 0.3) is 0 Å². The van der Waals surface area contributed by atoms with Crippen LogP contribution in [-0.2, 0) is 6.54 Å². The zero-order valence-electron chi connectivity index (χ0n) is 7.42. The predicted octanol–water partition coefficient (Wildman–Crippen LogP) is 2.44. The fourth-order valence-electron chi connectivity index (χ4n) is 0.907. The maximum atomic E-state index is 10.6. The van der Waals surface area contributed by atoms with E-state index in [1.807, 2.05) is 0 Å². The molecule has 5 heteroatoms. The van der Waals surface area contributed by atoms with Crippen molar-refractivity contribution in [3.8, 4) is 0 Å². The Balaban J connectivity index is 2.44. The molecular weight excluding hydrogens is 266 g/mol. The van der Waals surface area contributed by atoms with Crippen LogP contribution in [0.15, 0.2) is 22.5 Å². The smallest absolute Gasteiger partial charge is 0.336 e. The Kier molecular flexibility index (Phi) is 4.31. The lowest BCUT2D eigenvalue weighted by Crippen LogP contribution is -2.13. The first kappa shape index (κ1) is 11.4. The summed E-state index contributed by atoms with van der Waals surface area (Å²) >= 11 is 4.67. The van der Waals surface area contributed by atoms with Crippen LogP contribution >= 0.6 is 27.3 Å². The second-order valence-corrected chi connectivity index (χ2v) is 4.84. The first-order valence-electron chi connectivity index (χ1n) is 3.94. The van der Waals surface area contributed by atoms with E-state index in [4.69, 9.17) is 5.11 Å². The van der Waals surface area contributed by atoms with Gasteiger partial charge in [-0.05, 0) is 6.07 Å².